The summed E-state index contributed by atoms with van der Waals surface area (Å²) in [6.45, 7) is 13.8. The molecule has 12 atom stereocenters. The highest BCUT2D eigenvalue weighted by Crippen LogP contribution is 2.68. The summed E-state index contributed by atoms with van der Waals surface area (Å²) in [6, 6.07) is 32.0. The van der Waals surface area contributed by atoms with E-state index in [-0.39, 0.29) is 47.1 Å². The number of benzene rings is 3. The van der Waals surface area contributed by atoms with E-state index in [1.165, 1.54) is 35.1 Å². The van der Waals surface area contributed by atoms with Crippen molar-refractivity contribution in [2.75, 3.05) is 0 Å². The molecular weight excluding hydrogens is 681 g/mol. The van der Waals surface area contributed by atoms with Gasteiger partial charge in [0.15, 0.2) is 0 Å². The van der Waals surface area contributed by atoms with E-state index in [2.05, 4.69) is 132 Å². The first-order valence-electron chi connectivity index (χ1n) is 21.5. The number of allylic oxidation sites excluding steroid dienone is 1. The molecule has 55 heavy (non-hydrogen) atoms. The monoisotopic (exact) mass is 744 g/mol. The van der Waals surface area contributed by atoms with Gasteiger partial charge >= 0.3 is 5.97 Å². The number of esters is 1. The second-order valence-corrected chi connectivity index (χ2v) is 18.7. The number of carbonyl (C=O) groups excluding carboxylic acids is 1. The van der Waals surface area contributed by atoms with Crippen molar-refractivity contribution in [1.82, 2.24) is 0 Å². The lowest BCUT2D eigenvalue weighted by Gasteiger charge is -2.65. The van der Waals surface area contributed by atoms with Crippen LogP contribution in [-0.2, 0) is 43.6 Å². The Morgan fingerprint density at radius 2 is 1.27 bits per heavy atom. The van der Waals surface area contributed by atoms with Crippen molar-refractivity contribution in [1.29, 1.82) is 0 Å². The lowest BCUT2D eigenvalue weighted by atomic mass is 9.43. The smallest absolute Gasteiger partial charge is 0.306 e. The summed E-state index contributed by atoms with van der Waals surface area (Å²) in [5.74, 6) is 2.69. The average Bonchev–Trinajstić information content (AvgIpc) is 3.56. The molecule has 4 fully saturated rings. The molecule has 0 spiro atoms. The van der Waals surface area contributed by atoms with Crippen LogP contribution in [0.4, 0.5) is 0 Å². The van der Waals surface area contributed by atoms with Gasteiger partial charge in [-0.3, -0.25) is 4.79 Å². The summed E-state index contributed by atoms with van der Waals surface area (Å²) >= 11 is 0. The fourth-order valence-electron chi connectivity index (χ4n) is 12.2. The third kappa shape index (κ3) is 7.75. The molecule has 0 radical (unpaired) electrons. The quantitative estimate of drug-likeness (QED) is 0.137. The Bertz CT molecular complexity index is 1760. The molecule has 3 aromatic carbocycles. The molecule has 0 bridgehead atoms. The Labute approximate surface area is 330 Å². The van der Waals surface area contributed by atoms with Crippen molar-refractivity contribution in [3.63, 3.8) is 0 Å². The lowest BCUT2D eigenvalue weighted by molar-refractivity contribution is -0.252. The summed E-state index contributed by atoms with van der Waals surface area (Å²) in [6.07, 6.45) is 10.7. The van der Waals surface area contributed by atoms with Gasteiger partial charge in [-0.1, -0.05) is 137 Å². The largest absolute Gasteiger partial charge is 0.462 e. The fourth-order valence-corrected chi connectivity index (χ4v) is 12.2. The number of hydrogen-bond acceptors (Lipinski definition) is 5. The van der Waals surface area contributed by atoms with E-state index in [1.54, 1.807) is 0 Å². The molecule has 1 aliphatic heterocycles. The topological polar surface area (TPSA) is 54.0 Å². The minimum absolute atomic E-state index is 0.0202. The van der Waals surface area contributed by atoms with Gasteiger partial charge in [-0.05, 0) is 108 Å². The van der Waals surface area contributed by atoms with Gasteiger partial charge in [0.2, 0.25) is 0 Å². The normalized spacial score (nSPS) is 36.3. The summed E-state index contributed by atoms with van der Waals surface area (Å²) in [4.78, 5) is 12.9. The van der Waals surface area contributed by atoms with Crippen molar-refractivity contribution in [3.05, 3.63) is 119 Å². The molecule has 5 nitrogen and oxygen atoms in total. The maximum atomic E-state index is 12.9. The van der Waals surface area contributed by atoms with E-state index in [1.807, 2.05) is 0 Å². The zero-order chi connectivity index (χ0) is 38.2. The van der Waals surface area contributed by atoms with Crippen molar-refractivity contribution >= 4 is 5.97 Å². The first kappa shape index (κ1) is 38.6. The van der Waals surface area contributed by atoms with Gasteiger partial charge in [-0.15, -0.1) is 0 Å². The number of rotatable bonds is 12. The highest BCUT2D eigenvalue weighted by atomic mass is 16.5. The summed E-state index contributed by atoms with van der Waals surface area (Å²) in [5.41, 5.74) is 5.30. The van der Waals surface area contributed by atoms with Crippen LogP contribution in [0.15, 0.2) is 103 Å². The van der Waals surface area contributed by atoms with Crippen LogP contribution in [-0.4, -0.2) is 30.4 Å². The Hall–Kier alpha value is -3.25. The molecule has 3 aromatic rings. The third-order valence-electron chi connectivity index (χ3n) is 15.4. The molecule has 3 saturated carbocycles. The molecule has 8 rings (SSSR count). The molecule has 5 heteroatoms. The maximum Gasteiger partial charge on any atom is 0.306 e. The SMILES string of the molecule is CC(C)C1CC(=O)OC(C(C)C2=CCC3C4C(OCc5ccccc5)[C@H](OCc5ccccc5)C5C[C@H](OCc6ccccc6)CC[C@]5(C)C4CC[C@]23C)C1. The average molecular weight is 745 g/mol. The van der Waals surface area contributed by atoms with E-state index in [0.29, 0.717) is 61.7 Å². The second kappa shape index (κ2) is 16.3. The van der Waals surface area contributed by atoms with Crippen LogP contribution < -0.4 is 0 Å². The number of fused-ring (bicyclic) bond motifs is 5. The predicted molar refractivity (Wildman–Crippen MR) is 218 cm³/mol. The lowest BCUT2D eigenvalue weighted by Crippen LogP contribution is -2.65. The number of ether oxygens (including phenoxy) is 4. The van der Waals surface area contributed by atoms with Crippen LogP contribution in [0.1, 0.15) is 103 Å². The van der Waals surface area contributed by atoms with E-state index < -0.39 is 0 Å². The minimum Gasteiger partial charge on any atom is -0.462 e. The Morgan fingerprint density at radius 1 is 0.691 bits per heavy atom. The number of cyclic esters (lactones) is 1. The summed E-state index contributed by atoms with van der Waals surface area (Å²) in [7, 11) is 0. The predicted octanol–water partition coefficient (Wildman–Crippen LogP) is 11.2. The number of hydrogen-bond donors (Lipinski definition) is 0. The van der Waals surface area contributed by atoms with E-state index >= 15 is 0 Å². The van der Waals surface area contributed by atoms with E-state index in [0.717, 1.165) is 32.1 Å². The van der Waals surface area contributed by atoms with Gasteiger partial charge < -0.3 is 18.9 Å². The van der Waals surface area contributed by atoms with Gasteiger partial charge in [-0.25, -0.2) is 0 Å². The molecule has 294 valence electrons. The minimum atomic E-state index is -0.0618. The Kier molecular flexibility index (Phi) is 11.5. The van der Waals surface area contributed by atoms with Gasteiger partial charge in [0.05, 0.1) is 38.1 Å². The molecule has 0 amide bonds. The van der Waals surface area contributed by atoms with Gasteiger partial charge in [0.25, 0.3) is 0 Å². The maximum absolute atomic E-state index is 12.9. The van der Waals surface area contributed by atoms with Crippen LogP contribution in [0.2, 0.25) is 0 Å². The van der Waals surface area contributed by atoms with Crippen LogP contribution >= 0.6 is 0 Å². The molecule has 1 heterocycles. The van der Waals surface area contributed by atoms with Crippen molar-refractivity contribution < 1.29 is 23.7 Å². The number of carbonyl (C=O) groups is 1. The Balaban J connectivity index is 1.12. The van der Waals surface area contributed by atoms with Gasteiger partial charge in [-0.2, -0.15) is 0 Å². The second-order valence-electron chi connectivity index (χ2n) is 18.7. The van der Waals surface area contributed by atoms with Crippen LogP contribution in [0.5, 0.6) is 0 Å². The third-order valence-corrected chi connectivity index (χ3v) is 15.4. The highest BCUT2D eigenvalue weighted by Gasteiger charge is 2.65. The first-order chi connectivity index (χ1) is 26.6. The zero-order valence-electron chi connectivity index (χ0n) is 33.9. The molecule has 4 aliphatic carbocycles. The van der Waals surface area contributed by atoms with Gasteiger partial charge in [0.1, 0.15) is 6.10 Å². The molecule has 0 aromatic heterocycles. The van der Waals surface area contributed by atoms with Crippen molar-refractivity contribution in [2.24, 2.45) is 52.3 Å². The zero-order valence-corrected chi connectivity index (χ0v) is 33.9. The van der Waals surface area contributed by atoms with Crippen LogP contribution in [0.25, 0.3) is 0 Å². The molecular formula is C50H64O5. The van der Waals surface area contributed by atoms with E-state index in [4.69, 9.17) is 18.9 Å². The highest BCUT2D eigenvalue weighted by molar-refractivity contribution is 5.70. The van der Waals surface area contributed by atoms with Crippen LogP contribution in [0, 0.1) is 52.3 Å². The Morgan fingerprint density at radius 3 is 1.87 bits per heavy atom. The summed E-state index contributed by atoms with van der Waals surface area (Å²) in [5, 5.41) is 0. The first-order valence-corrected chi connectivity index (χ1v) is 21.5. The standard InChI is InChI=1S/C50H64O5/c1-33(2)38-27-44(55-45(51)28-38)34(3)40-21-22-41-46-42(24-26-49(40,41)4)50(5)25-23-39(52-30-35-15-9-6-10-16-35)29-43(50)47(53-31-36-17-11-7-12-18-36)48(46)54-32-37-19-13-8-14-20-37/h6-21,33-34,38-39,41-44,46-48H,22-32H2,1-5H3/t34?,38?,39-,41?,42?,43?,44?,46?,47-,48?,49-,50-/m1/s1. The molecule has 0 N–H and O–H groups in total. The van der Waals surface area contributed by atoms with Crippen molar-refractivity contribution in [3.8, 4) is 0 Å². The molecule has 8 unspecified atom stereocenters. The van der Waals surface area contributed by atoms with Gasteiger partial charge in [0, 0.05) is 12.3 Å². The fraction of sp³-hybridized carbons (Fsp3) is 0.580. The molecule has 5 aliphatic rings. The van der Waals surface area contributed by atoms with Crippen LogP contribution in [0.3, 0.4) is 0 Å². The van der Waals surface area contributed by atoms with Crippen molar-refractivity contribution in [2.45, 2.75) is 130 Å². The molecule has 1 saturated heterocycles. The van der Waals surface area contributed by atoms with E-state index in [9.17, 15) is 4.79 Å². The summed E-state index contributed by atoms with van der Waals surface area (Å²) < 4.78 is 27.6.